The summed E-state index contributed by atoms with van der Waals surface area (Å²) in [5.41, 5.74) is 5.87. The number of amides is 1. The molecular formula is C13H24N2O4. The zero-order chi connectivity index (χ0) is 14.3. The molecule has 0 aromatic heterocycles. The van der Waals surface area contributed by atoms with Gasteiger partial charge in [-0.15, -0.1) is 0 Å². The molecule has 0 spiro atoms. The Hall–Kier alpha value is -1.14. The molecule has 0 bridgehead atoms. The molecule has 1 aliphatic heterocycles. The van der Waals surface area contributed by atoms with Crippen LogP contribution in [0.3, 0.4) is 0 Å². The highest BCUT2D eigenvalue weighted by molar-refractivity contribution is 5.81. The van der Waals surface area contributed by atoms with E-state index in [1.165, 1.54) is 0 Å². The van der Waals surface area contributed by atoms with Crippen LogP contribution in [0.2, 0.25) is 0 Å². The minimum atomic E-state index is -0.958. The molecule has 3 N–H and O–H groups in total. The maximum Gasteiger partial charge on any atom is 0.329 e. The van der Waals surface area contributed by atoms with Crippen LogP contribution in [-0.2, 0) is 14.3 Å². The molecule has 1 unspecified atom stereocenters. The van der Waals surface area contributed by atoms with Gasteiger partial charge in [-0.05, 0) is 19.3 Å². The predicted octanol–water partition coefficient (Wildman–Crippen LogP) is 0.596. The van der Waals surface area contributed by atoms with Crippen molar-refractivity contribution in [2.75, 3.05) is 19.7 Å². The van der Waals surface area contributed by atoms with E-state index in [0.717, 1.165) is 19.3 Å². The van der Waals surface area contributed by atoms with Crippen molar-refractivity contribution >= 4 is 11.9 Å². The Balaban J connectivity index is 2.28. The van der Waals surface area contributed by atoms with Crippen LogP contribution >= 0.6 is 0 Å². The van der Waals surface area contributed by atoms with Gasteiger partial charge in [-0.25, -0.2) is 4.79 Å². The van der Waals surface area contributed by atoms with E-state index in [0.29, 0.717) is 25.9 Å². The standard InChI is InChI=1S/C13H24N2O4/c1-2-3-4-11(14)13(18)15-7-5-10(6-8-15)19-9-12(16)17/h10-11H,2-9,14H2,1H3,(H,16,17). The van der Waals surface area contributed by atoms with Gasteiger partial charge in [-0.2, -0.15) is 0 Å². The Kier molecular flexibility index (Phi) is 6.80. The van der Waals surface area contributed by atoms with Gasteiger partial charge < -0.3 is 20.5 Å². The lowest BCUT2D eigenvalue weighted by atomic mass is 10.0. The number of piperidine rings is 1. The molecule has 0 saturated carbocycles. The van der Waals surface area contributed by atoms with E-state index >= 15 is 0 Å². The largest absolute Gasteiger partial charge is 0.480 e. The van der Waals surface area contributed by atoms with Gasteiger partial charge in [0, 0.05) is 13.1 Å². The van der Waals surface area contributed by atoms with E-state index < -0.39 is 12.0 Å². The number of nitrogens with two attached hydrogens (primary N) is 1. The van der Waals surface area contributed by atoms with Crippen LogP contribution in [0.4, 0.5) is 0 Å². The van der Waals surface area contributed by atoms with Gasteiger partial charge in [0.2, 0.25) is 5.91 Å². The molecule has 19 heavy (non-hydrogen) atoms. The number of ether oxygens (including phenoxy) is 1. The van der Waals surface area contributed by atoms with E-state index in [2.05, 4.69) is 6.92 Å². The van der Waals surface area contributed by atoms with E-state index in [4.69, 9.17) is 15.6 Å². The van der Waals surface area contributed by atoms with Crippen molar-refractivity contribution in [3.05, 3.63) is 0 Å². The van der Waals surface area contributed by atoms with Gasteiger partial charge in [0.15, 0.2) is 0 Å². The molecule has 1 saturated heterocycles. The molecule has 6 nitrogen and oxygen atoms in total. The van der Waals surface area contributed by atoms with Crippen molar-refractivity contribution in [1.29, 1.82) is 0 Å². The van der Waals surface area contributed by atoms with Gasteiger partial charge in [-0.3, -0.25) is 4.79 Å². The Morgan fingerprint density at radius 3 is 2.58 bits per heavy atom. The molecular weight excluding hydrogens is 248 g/mol. The first-order valence-corrected chi connectivity index (χ1v) is 6.92. The van der Waals surface area contributed by atoms with E-state index in [-0.39, 0.29) is 18.6 Å². The number of hydrogen-bond donors (Lipinski definition) is 2. The molecule has 0 aromatic rings. The first-order chi connectivity index (χ1) is 9.04. The van der Waals surface area contributed by atoms with Crippen LogP contribution in [0.1, 0.15) is 39.0 Å². The quantitative estimate of drug-likeness (QED) is 0.708. The van der Waals surface area contributed by atoms with Crippen LogP contribution in [0.25, 0.3) is 0 Å². The van der Waals surface area contributed by atoms with Gasteiger partial charge >= 0.3 is 5.97 Å². The van der Waals surface area contributed by atoms with Crippen LogP contribution in [-0.4, -0.2) is 53.7 Å². The lowest BCUT2D eigenvalue weighted by Gasteiger charge is -2.33. The summed E-state index contributed by atoms with van der Waals surface area (Å²) in [6.45, 7) is 3.00. The number of aliphatic carboxylic acids is 1. The second-order valence-electron chi connectivity index (χ2n) is 4.98. The third-order valence-corrected chi connectivity index (χ3v) is 3.38. The van der Waals surface area contributed by atoms with Crippen LogP contribution in [0, 0.1) is 0 Å². The molecule has 1 amide bonds. The van der Waals surface area contributed by atoms with E-state index in [9.17, 15) is 9.59 Å². The summed E-state index contributed by atoms with van der Waals surface area (Å²) in [5, 5.41) is 8.53. The van der Waals surface area contributed by atoms with Gasteiger partial charge in [0.25, 0.3) is 0 Å². The summed E-state index contributed by atoms with van der Waals surface area (Å²) in [7, 11) is 0. The monoisotopic (exact) mass is 272 g/mol. The summed E-state index contributed by atoms with van der Waals surface area (Å²) in [6.07, 6.45) is 4.02. The SMILES string of the molecule is CCCCC(N)C(=O)N1CCC(OCC(=O)O)CC1. The fourth-order valence-electron chi connectivity index (χ4n) is 2.21. The molecule has 0 aliphatic carbocycles. The summed E-state index contributed by atoms with van der Waals surface area (Å²) >= 11 is 0. The number of carbonyl (C=O) groups is 2. The zero-order valence-corrected chi connectivity index (χ0v) is 11.5. The summed E-state index contributed by atoms with van der Waals surface area (Å²) in [6, 6.07) is -0.406. The number of likely N-dealkylation sites (tertiary alicyclic amines) is 1. The molecule has 0 radical (unpaired) electrons. The molecule has 6 heteroatoms. The summed E-state index contributed by atoms with van der Waals surface area (Å²) in [5.74, 6) is -0.953. The fraction of sp³-hybridized carbons (Fsp3) is 0.846. The minimum Gasteiger partial charge on any atom is -0.480 e. The molecule has 1 rings (SSSR count). The summed E-state index contributed by atoms with van der Waals surface area (Å²) < 4.78 is 5.23. The van der Waals surface area contributed by atoms with Crippen molar-refractivity contribution in [1.82, 2.24) is 4.90 Å². The highest BCUT2D eigenvalue weighted by atomic mass is 16.5. The lowest BCUT2D eigenvalue weighted by Crippen LogP contribution is -2.48. The highest BCUT2D eigenvalue weighted by Gasteiger charge is 2.26. The Labute approximate surface area is 113 Å². The lowest BCUT2D eigenvalue weighted by molar-refractivity contribution is -0.147. The second-order valence-corrected chi connectivity index (χ2v) is 4.98. The number of rotatable bonds is 7. The van der Waals surface area contributed by atoms with Gasteiger partial charge in [0.1, 0.15) is 6.61 Å². The summed E-state index contributed by atoms with van der Waals surface area (Å²) in [4.78, 5) is 24.2. The van der Waals surface area contributed by atoms with E-state index in [1.807, 2.05) is 0 Å². The van der Waals surface area contributed by atoms with Crippen LogP contribution in [0.15, 0.2) is 0 Å². The van der Waals surface area contributed by atoms with Crippen molar-refractivity contribution in [2.24, 2.45) is 5.73 Å². The molecule has 1 aliphatic rings. The van der Waals surface area contributed by atoms with Crippen LogP contribution < -0.4 is 5.73 Å². The first-order valence-electron chi connectivity index (χ1n) is 6.92. The fourth-order valence-corrected chi connectivity index (χ4v) is 2.21. The molecule has 110 valence electrons. The number of nitrogens with zero attached hydrogens (tertiary/aromatic N) is 1. The van der Waals surface area contributed by atoms with Crippen LogP contribution in [0.5, 0.6) is 0 Å². The number of carboxylic acids is 1. The molecule has 0 aromatic carbocycles. The number of hydrogen-bond acceptors (Lipinski definition) is 4. The topological polar surface area (TPSA) is 92.9 Å². The normalized spacial score (nSPS) is 18.3. The van der Waals surface area contributed by atoms with Crippen molar-refractivity contribution < 1.29 is 19.4 Å². The number of carbonyl (C=O) groups excluding carboxylic acids is 1. The minimum absolute atomic E-state index is 0.00475. The third-order valence-electron chi connectivity index (χ3n) is 3.38. The maximum absolute atomic E-state index is 12.0. The predicted molar refractivity (Wildman–Crippen MR) is 70.7 cm³/mol. The number of unbranched alkanes of at least 4 members (excludes halogenated alkanes) is 1. The average molecular weight is 272 g/mol. The van der Waals surface area contributed by atoms with Gasteiger partial charge in [0.05, 0.1) is 12.1 Å². The Morgan fingerprint density at radius 1 is 1.42 bits per heavy atom. The Morgan fingerprint density at radius 2 is 2.05 bits per heavy atom. The zero-order valence-electron chi connectivity index (χ0n) is 11.5. The number of carboxylic acid groups (broad SMARTS) is 1. The first kappa shape index (κ1) is 15.9. The van der Waals surface area contributed by atoms with Gasteiger partial charge in [-0.1, -0.05) is 19.8 Å². The molecule has 1 fully saturated rings. The second kappa shape index (κ2) is 8.12. The maximum atomic E-state index is 12.0. The van der Waals surface area contributed by atoms with Crippen molar-refractivity contribution in [3.8, 4) is 0 Å². The van der Waals surface area contributed by atoms with Crippen molar-refractivity contribution in [3.63, 3.8) is 0 Å². The average Bonchev–Trinajstić information content (AvgIpc) is 2.42. The molecule has 1 atom stereocenters. The third kappa shape index (κ3) is 5.57. The van der Waals surface area contributed by atoms with Crippen molar-refractivity contribution in [2.45, 2.75) is 51.2 Å². The highest BCUT2D eigenvalue weighted by Crippen LogP contribution is 2.15. The smallest absolute Gasteiger partial charge is 0.329 e. The van der Waals surface area contributed by atoms with E-state index in [1.54, 1.807) is 4.90 Å². The molecule has 1 heterocycles. The Bertz CT molecular complexity index is 301.